The van der Waals surface area contributed by atoms with Gasteiger partial charge in [0, 0.05) is 30.5 Å². The standard InChI is InChI=1S/C15H15FN2O3S/c16-22(20,21)10-11-5-15(19)18(8-11)9-14-6-12-3-1-2-4-13(12)7-17-14/h1-4,6-7,11H,5,8-10H2. The second kappa shape index (κ2) is 5.64. The summed E-state index contributed by atoms with van der Waals surface area (Å²) in [4.78, 5) is 17.8. The molecule has 7 heteroatoms. The van der Waals surface area contributed by atoms with E-state index in [0.717, 1.165) is 16.5 Å². The van der Waals surface area contributed by atoms with Crippen molar-refractivity contribution in [3.05, 3.63) is 42.2 Å². The van der Waals surface area contributed by atoms with Crippen LogP contribution in [0.4, 0.5) is 3.89 Å². The van der Waals surface area contributed by atoms with Crippen LogP contribution in [-0.4, -0.2) is 36.5 Å². The minimum absolute atomic E-state index is 0.0662. The summed E-state index contributed by atoms with van der Waals surface area (Å²) in [6.07, 6.45) is 1.81. The Kier molecular flexibility index (Phi) is 3.82. The number of nitrogens with zero attached hydrogens (tertiary/aromatic N) is 2. The van der Waals surface area contributed by atoms with E-state index >= 15 is 0 Å². The average Bonchev–Trinajstić information content (AvgIpc) is 2.76. The predicted octanol–water partition coefficient (Wildman–Crippen LogP) is 1.88. The Morgan fingerprint density at radius 3 is 2.73 bits per heavy atom. The lowest BCUT2D eigenvalue weighted by molar-refractivity contribution is -0.128. The van der Waals surface area contributed by atoms with Gasteiger partial charge in [0.15, 0.2) is 0 Å². The average molecular weight is 322 g/mol. The molecule has 1 saturated heterocycles. The van der Waals surface area contributed by atoms with Crippen LogP contribution in [0, 0.1) is 5.92 Å². The van der Waals surface area contributed by atoms with Gasteiger partial charge in [-0.15, -0.1) is 3.89 Å². The van der Waals surface area contributed by atoms with Crippen molar-refractivity contribution in [1.29, 1.82) is 0 Å². The van der Waals surface area contributed by atoms with E-state index in [9.17, 15) is 17.1 Å². The number of likely N-dealkylation sites (tertiary alicyclic amines) is 1. The van der Waals surface area contributed by atoms with Gasteiger partial charge in [-0.1, -0.05) is 24.3 Å². The lowest BCUT2D eigenvalue weighted by Crippen LogP contribution is -2.25. The number of benzene rings is 1. The highest BCUT2D eigenvalue weighted by atomic mass is 32.3. The molecule has 1 aromatic heterocycles. The number of aromatic nitrogens is 1. The molecule has 0 saturated carbocycles. The molecule has 1 aliphatic rings. The van der Waals surface area contributed by atoms with Gasteiger partial charge in [0.1, 0.15) is 0 Å². The summed E-state index contributed by atoms with van der Waals surface area (Å²) < 4.78 is 34.1. The molecule has 5 nitrogen and oxygen atoms in total. The van der Waals surface area contributed by atoms with Crippen molar-refractivity contribution in [3.63, 3.8) is 0 Å². The van der Waals surface area contributed by atoms with E-state index in [1.54, 1.807) is 6.20 Å². The van der Waals surface area contributed by atoms with Gasteiger partial charge in [0.25, 0.3) is 0 Å². The molecular weight excluding hydrogens is 307 g/mol. The Bertz CT molecular complexity index is 822. The summed E-state index contributed by atoms with van der Waals surface area (Å²) in [5.74, 6) is -1.24. The number of hydrogen-bond acceptors (Lipinski definition) is 4. The summed E-state index contributed by atoms with van der Waals surface area (Å²) in [5.41, 5.74) is 0.732. The molecule has 2 heterocycles. The molecule has 116 valence electrons. The first-order chi connectivity index (χ1) is 10.4. The van der Waals surface area contributed by atoms with Crippen LogP contribution in [0.25, 0.3) is 10.8 Å². The number of hydrogen-bond donors (Lipinski definition) is 0. The Hall–Kier alpha value is -2.02. The van der Waals surface area contributed by atoms with Crippen LogP contribution in [-0.2, 0) is 21.6 Å². The number of carbonyl (C=O) groups excluding carboxylic acids is 1. The van der Waals surface area contributed by atoms with Gasteiger partial charge in [0.05, 0.1) is 18.0 Å². The minimum atomic E-state index is -4.55. The van der Waals surface area contributed by atoms with Crippen molar-refractivity contribution in [3.8, 4) is 0 Å². The van der Waals surface area contributed by atoms with E-state index in [-0.39, 0.29) is 18.9 Å². The molecule has 0 radical (unpaired) electrons. The van der Waals surface area contributed by atoms with E-state index in [4.69, 9.17) is 0 Å². The van der Waals surface area contributed by atoms with Crippen LogP contribution in [0.15, 0.2) is 36.5 Å². The quantitative estimate of drug-likeness (QED) is 0.806. The van der Waals surface area contributed by atoms with Crippen LogP contribution in [0.5, 0.6) is 0 Å². The predicted molar refractivity (Wildman–Crippen MR) is 80.2 cm³/mol. The van der Waals surface area contributed by atoms with E-state index in [0.29, 0.717) is 6.54 Å². The zero-order chi connectivity index (χ0) is 15.7. The lowest BCUT2D eigenvalue weighted by atomic mass is 10.1. The maximum atomic E-state index is 12.7. The van der Waals surface area contributed by atoms with Gasteiger partial charge < -0.3 is 4.90 Å². The second-order valence-electron chi connectivity index (χ2n) is 5.57. The third-order valence-electron chi connectivity index (χ3n) is 3.77. The summed E-state index contributed by atoms with van der Waals surface area (Å²) in [6, 6.07) is 9.67. The first kappa shape index (κ1) is 14.9. The first-order valence-electron chi connectivity index (χ1n) is 6.94. The molecule has 1 aromatic carbocycles. The fourth-order valence-electron chi connectivity index (χ4n) is 2.81. The SMILES string of the molecule is O=C1CC(CS(=O)(=O)F)CN1Cc1cc2ccccc2cn1. The topological polar surface area (TPSA) is 67.3 Å². The molecule has 1 amide bonds. The Morgan fingerprint density at radius 1 is 1.27 bits per heavy atom. The van der Waals surface area contributed by atoms with Crippen molar-refractivity contribution >= 4 is 26.9 Å². The van der Waals surface area contributed by atoms with Crippen LogP contribution in [0.3, 0.4) is 0 Å². The summed E-state index contributed by atoms with van der Waals surface area (Å²) >= 11 is 0. The number of rotatable bonds is 4. The molecule has 3 rings (SSSR count). The number of halogens is 1. The van der Waals surface area contributed by atoms with Gasteiger partial charge in [-0.05, 0) is 11.5 Å². The molecule has 1 aliphatic heterocycles. The summed E-state index contributed by atoms with van der Waals surface area (Å²) in [6.45, 7) is 0.559. The maximum Gasteiger partial charge on any atom is 0.302 e. The highest BCUT2D eigenvalue weighted by molar-refractivity contribution is 7.86. The normalized spacial score (nSPS) is 19.0. The fourth-order valence-corrected chi connectivity index (χ4v) is 3.60. The number of fused-ring (bicyclic) bond motifs is 1. The molecule has 0 N–H and O–H groups in total. The Morgan fingerprint density at radius 2 is 2.00 bits per heavy atom. The fraction of sp³-hybridized carbons (Fsp3) is 0.333. The highest BCUT2D eigenvalue weighted by Gasteiger charge is 2.32. The van der Waals surface area contributed by atoms with E-state index in [1.807, 2.05) is 30.3 Å². The Balaban J connectivity index is 1.73. The second-order valence-corrected chi connectivity index (χ2v) is 6.98. The molecule has 1 fully saturated rings. The lowest BCUT2D eigenvalue weighted by Gasteiger charge is -2.16. The molecule has 2 aromatic rings. The van der Waals surface area contributed by atoms with Gasteiger partial charge >= 0.3 is 10.2 Å². The summed E-state index contributed by atoms with van der Waals surface area (Å²) in [5, 5.41) is 2.04. The van der Waals surface area contributed by atoms with Gasteiger partial charge in [-0.2, -0.15) is 8.42 Å². The minimum Gasteiger partial charge on any atom is -0.336 e. The van der Waals surface area contributed by atoms with E-state index in [2.05, 4.69) is 4.98 Å². The third-order valence-corrected chi connectivity index (χ3v) is 4.64. The zero-order valence-corrected chi connectivity index (χ0v) is 12.6. The molecule has 0 aliphatic carbocycles. The molecule has 1 unspecified atom stereocenters. The first-order valence-corrected chi connectivity index (χ1v) is 8.50. The van der Waals surface area contributed by atoms with Crippen molar-refractivity contribution in [2.24, 2.45) is 5.92 Å². The van der Waals surface area contributed by atoms with Crippen molar-refractivity contribution in [2.45, 2.75) is 13.0 Å². The van der Waals surface area contributed by atoms with E-state index < -0.39 is 21.9 Å². The molecular formula is C15H15FN2O3S. The highest BCUT2D eigenvalue weighted by Crippen LogP contribution is 2.22. The van der Waals surface area contributed by atoms with Crippen LogP contribution in [0.2, 0.25) is 0 Å². The largest absolute Gasteiger partial charge is 0.336 e. The zero-order valence-electron chi connectivity index (χ0n) is 11.8. The van der Waals surface area contributed by atoms with Crippen LogP contribution in [0.1, 0.15) is 12.1 Å². The van der Waals surface area contributed by atoms with Crippen molar-refractivity contribution < 1.29 is 17.1 Å². The van der Waals surface area contributed by atoms with Gasteiger partial charge in [-0.3, -0.25) is 9.78 Å². The third kappa shape index (κ3) is 3.41. The van der Waals surface area contributed by atoms with Crippen LogP contribution < -0.4 is 0 Å². The van der Waals surface area contributed by atoms with Crippen molar-refractivity contribution in [1.82, 2.24) is 9.88 Å². The Labute approximate surface area is 128 Å². The summed E-state index contributed by atoms with van der Waals surface area (Å²) in [7, 11) is -4.55. The smallest absolute Gasteiger partial charge is 0.302 e. The maximum absolute atomic E-state index is 12.7. The molecule has 1 atom stereocenters. The molecule has 0 spiro atoms. The monoisotopic (exact) mass is 322 g/mol. The van der Waals surface area contributed by atoms with Crippen molar-refractivity contribution in [2.75, 3.05) is 12.3 Å². The van der Waals surface area contributed by atoms with Gasteiger partial charge in [0.2, 0.25) is 5.91 Å². The van der Waals surface area contributed by atoms with Crippen LogP contribution >= 0.6 is 0 Å². The molecule has 22 heavy (non-hydrogen) atoms. The number of pyridine rings is 1. The van der Waals surface area contributed by atoms with Gasteiger partial charge in [-0.25, -0.2) is 0 Å². The number of amides is 1. The molecule has 0 bridgehead atoms. The number of carbonyl (C=O) groups is 1. The van der Waals surface area contributed by atoms with E-state index in [1.165, 1.54) is 4.90 Å².